The Kier molecular flexibility index (Phi) is 7.30. The van der Waals surface area contributed by atoms with Crippen LogP contribution < -0.4 is 9.62 Å². The molecular formula is C19H30N4O6S. The summed E-state index contributed by atoms with van der Waals surface area (Å²) in [5.41, 5.74) is 0.135. The summed E-state index contributed by atoms with van der Waals surface area (Å²) >= 11 is 0. The highest BCUT2D eigenvalue weighted by molar-refractivity contribution is 7.89. The van der Waals surface area contributed by atoms with Crippen LogP contribution in [0.2, 0.25) is 0 Å². The first kappa shape index (κ1) is 22.9. The van der Waals surface area contributed by atoms with E-state index in [2.05, 4.69) is 4.72 Å². The molecule has 2 fully saturated rings. The molecule has 2 aliphatic heterocycles. The first-order valence-corrected chi connectivity index (χ1v) is 11.6. The van der Waals surface area contributed by atoms with Crippen molar-refractivity contribution < 1.29 is 23.2 Å². The molecule has 11 heteroatoms. The molecule has 0 bridgehead atoms. The maximum Gasteiger partial charge on any atom is 0.293 e. The van der Waals surface area contributed by atoms with Gasteiger partial charge in [-0.05, 0) is 45.5 Å². The molecule has 0 saturated carbocycles. The van der Waals surface area contributed by atoms with Crippen LogP contribution in [0, 0.1) is 16.0 Å². The fourth-order valence-electron chi connectivity index (χ4n) is 4.20. The van der Waals surface area contributed by atoms with E-state index < -0.39 is 21.1 Å². The zero-order valence-corrected chi connectivity index (χ0v) is 18.2. The van der Waals surface area contributed by atoms with Gasteiger partial charge in [0.2, 0.25) is 10.0 Å². The SMILES string of the molecule is CN(C)CCNS(=O)(=O)c1ccc(N2CCC[C@@H]2[C@H]2COCC[C@@H]2O)c([N+](=O)[O-])c1. The van der Waals surface area contributed by atoms with Gasteiger partial charge in [0, 0.05) is 44.3 Å². The molecule has 3 atom stereocenters. The van der Waals surface area contributed by atoms with E-state index in [0.717, 1.165) is 18.9 Å². The molecule has 0 amide bonds. The Balaban J connectivity index is 1.87. The summed E-state index contributed by atoms with van der Waals surface area (Å²) < 4.78 is 33.1. The third-order valence-corrected chi connectivity index (χ3v) is 7.23. The van der Waals surface area contributed by atoms with Crippen molar-refractivity contribution in [3.05, 3.63) is 28.3 Å². The van der Waals surface area contributed by atoms with Crippen molar-refractivity contribution in [3.63, 3.8) is 0 Å². The lowest BCUT2D eigenvalue weighted by atomic mass is 9.89. The van der Waals surface area contributed by atoms with Crippen LogP contribution in [0.3, 0.4) is 0 Å². The van der Waals surface area contributed by atoms with E-state index in [1.54, 1.807) is 0 Å². The number of nitrogens with zero attached hydrogens (tertiary/aromatic N) is 3. The minimum absolute atomic E-state index is 0.0836. The molecule has 2 saturated heterocycles. The number of sulfonamides is 1. The van der Waals surface area contributed by atoms with Gasteiger partial charge in [-0.25, -0.2) is 13.1 Å². The van der Waals surface area contributed by atoms with Gasteiger partial charge in [0.25, 0.3) is 5.69 Å². The Morgan fingerprint density at radius 3 is 2.80 bits per heavy atom. The minimum atomic E-state index is -3.85. The second kappa shape index (κ2) is 9.56. The van der Waals surface area contributed by atoms with Crippen molar-refractivity contribution >= 4 is 21.4 Å². The number of rotatable bonds is 8. The number of anilines is 1. The number of ether oxygens (including phenoxy) is 1. The number of nitro benzene ring substituents is 1. The second-order valence-electron chi connectivity index (χ2n) is 8.11. The van der Waals surface area contributed by atoms with Crippen LogP contribution in [0.15, 0.2) is 23.1 Å². The standard InChI is InChI=1S/C19H30N4O6S/c1-21(2)10-8-20-30(27,28)14-5-6-17(18(12-14)23(25)26)22-9-3-4-16(22)15-13-29-11-7-19(15)24/h5-6,12,15-16,19-20,24H,3-4,7-11,13H2,1-2H3/t15-,16-,19+/m1/s1. The predicted octanol–water partition coefficient (Wildman–Crippen LogP) is 0.801. The molecule has 2 N–H and O–H groups in total. The summed E-state index contributed by atoms with van der Waals surface area (Å²) in [6, 6.07) is 3.95. The van der Waals surface area contributed by atoms with Crippen molar-refractivity contribution in [2.75, 3.05) is 51.8 Å². The highest BCUT2D eigenvalue weighted by Crippen LogP contribution is 2.39. The molecule has 2 heterocycles. The lowest BCUT2D eigenvalue weighted by Crippen LogP contribution is -2.46. The first-order valence-electron chi connectivity index (χ1n) is 10.2. The van der Waals surface area contributed by atoms with E-state index in [9.17, 15) is 23.6 Å². The summed E-state index contributed by atoms with van der Waals surface area (Å²) in [7, 11) is -0.199. The van der Waals surface area contributed by atoms with Gasteiger partial charge in [0.05, 0.1) is 22.5 Å². The molecule has 0 aromatic heterocycles. The average molecular weight is 443 g/mol. The van der Waals surface area contributed by atoms with Crippen molar-refractivity contribution in [1.29, 1.82) is 0 Å². The second-order valence-corrected chi connectivity index (χ2v) is 9.87. The van der Waals surface area contributed by atoms with E-state index in [1.807, 2.05) is 23.9 Å². The Labute approximate surface area is 177 Å². The summed E-state index contributed by atoms with van der Waals surface area (Å²) in [6.45, 7) is 2.26. The number of aliphatic hydroxyl groups is 1. The zero-order valence-electron chi connectivity index (χ0n) is 17.4. The third kappa shape index (κ3) is 5.09. The van der Waals surface area contributed by atoms with Crippen LogP contribution in [0.4, 0.5) is 11.4 Å². The molecule has 30 heavy (non-hydrogen) atoms. The Morgan fingerprint density at radius 2 is 2.13 bits per heavy atom. The van der Waals surface area contributed by atoms with Crippen molar-refractivity contribution in [1.82, 2.24) is 9.62 Å². The monoisotopic (exact) mass is 442 g/mol. The van der Waals surface area contributed by atoms with Gasteiger partial charge >= 0.3 is 0 Å². The molecule has 1 aromatic rings. The number of hydrogen-bond acceptors (Lipinski definition) is 8. The molecule has 0 aliphatic carbocycles. The first-order chi connectivity index (χ1) is 14.2. The molecule has 168 valence electrons. The van der Waals surface area contributed by atoms with Crippen LogP contribution in [0.5, 0.6) is 0 Å². The van der Waals surface area contributed by atoms with Gasteiger partial charge < -0.3 is 19.6 Å². The zero-order chi connectivity index (χ0) is 21.9. The summed E-state index contributed by atoms with van der Waals surface area (Å²) in [5.74, 6) is -0.128. The largest absolute Gasteiger partial charge is 0.393 e. The van der Waals surface area contributed by atoms with Crippen molar-refractivity contribution in [2.24, 2.45) is 5.92 Å². The highest BCUT2D eigenvalue weighted by Gasteiger charge is 2.39. The fraction of sp³-hybridized carbons (Fsp3) is 0.684. The number of hydrogen-bond donors (Lipinski definition) is 2. The van der Waals surface area contributed by atoms with Gasteiger partial charge in [0.15, 0.2) is 0 Å². The third-order valence-electron chi connectivity index (χ3n) is 5.77. The summed E-state index contributed by atoms with van der Waals surface area (Å²) in [6.07, 6.45) is 1.68. The average Bonchev–Trinajstić information content (AvgIpc) is 3.16. The predicted molar refractivity (Wildman–Crippen MR) is 112 cm³/mol. The van der Waals surface area contributed by atoms with Crippen LogP contribution in [0.1, 0.15) is 19.3 Å². The molecule has 3 rings (SSSR count). The van der Waals surface area contributed by atoms with Gasteiger partial charge in [-0.1, -0.05) is 0 Å². The van der Waals surface area contributed by atoms with E-state index in [-0.39, 0.29) is 29.1 Å². The van der Waals surface area contributed by atoms with E-state index in [4.69, 9.17) is 4.74 Å². The number of benzene rings is 1. The van der Waals surface area contributed by atoms with Crippen LogP contribution in [-0.2, 0) is 14.8 Å². The molecule has 2 aliphatic rings. The normalized spacial score (nSPS) is 25.1. The molecule has 1 aromatic carbocycles. The minimum Gasteiger partial charge on any atom is -0.393 e. The van der Waals surface area contributed by atoms with E-state index in [0.29, 0.717) is 38.4 Å². The lowest BCUT2D eigenvalue weighted by Gasteiger charge is -2.37. The lowest BCUT2D eigenvalue weighted by molar-refractivity contribution is -0.384. The van der Waals surface area contributed by atoms with Crippen LogP contribution in [0.25, 0.3) is 0 Å². The van der Waals surface area contributed by atoms with Gasteiger partial charge in [0.1, 0.15) is 5.69 Å². The molecule has 0 unspecified atom stereocenters. The van der Waals surface area contributed by atoms with Gasteiger partial charge in [-0.3, -0.25) is 10.1 Å². The van der Waals surface area contributed by atoms with Gasteiger partial charge in [-0.15, -0.1) is 0 Å². The van der Waals surface area contributed by atoms with E-state index in [1.165, 1.54) is 12.1 Å². The van der Waals surface area contributed by atoms with Crippen LogP contribution in [-0.4, -0.2) is 82.4 Å². The highest BCUT2D eigenvalue weighted by atomic mass is 32.2. The molecule has 0 radical (unpaired) electrons. The maximum absolute atomic E-state index is 12.6. The topological polar surface area (TPSA) is 125 Å². The number of aliphatic hydroxyl groups excluding tert-OH is 1. The summed E-state index contributed by atoms with van der Waals surface area (Å²) in [5, 5.41) is 22.2. The number of likely N-dealkylation sites (N-methyl/N-ethyl adjacent to an activating group) is 1. The smallest absolute Gasteiger partial charge is 0.293 e. The maximum atomic E-state index is 12.6. The van der Waals surface area contributed by atoms with E-state index >= 15 is 0 Å². The van der Waals surface area contributed by atoms with Gasteiger partial charge in [-0.2, -0.15) is 0 Å². The Hall–Kier alpha value is -1.79. The van der Waals surface area contributed by atoms with Crippen molar-refractivity contribution in [3.8, 4) is 0 Å². The molecular weight excluding hydrogens is 412 g/mol. The fourth-order valence-corrected chi connectivity index (χ4v) is 5.24. The number of nitrogens with one attached hydrogen (secondary N) is 1. The van der Waals surface area contributed by atoms with Crippen LogP contribution >= 0.6 is 0 Å². The Morgan fingerprint density at radius 1 is 1.37 bits per heavy atom. The molecule has 10 nitrogen and oxygen atoms in total. The summed E-state index contributed by atoms with van der Waals surface area (Å²) in [4.78, 5) is 14.9. The Bertz CT molecular complexity index is 863. The quantitative estimate of drug-likeness (QED) is 0.447. The van der Waals surface area contributed by atoms with Crippen molar-refractivity contribution in [2.45, 2.75) is 36.3 Å². The number of nitro groups is 1. The molecule has 0 spiro atoms.